The number of hydrogen-bond acceptors (Lipinski definition) is 7. The van der Waals surface area contributed by atoms with E-state index in [-0.39, 0.29) is 11.4 Å². The van der Waals surface area contributed by atoms with Crippen LogP contribution in [0.1, 0.15) is 0 Å². The summed E-state index contributed by atoms with van der Waals surface area (Å²) >= 11 is 0. The van der Waals surface area contributed by atoms with Crippen LogP contribution in [0.15, 0.2) is 54.2 Å². The number of imidazole rings is 1. The Hall–Kier alpha value is -3.81. The quantitative estimate of drug-likeness (QED) is 0.469. The van der Waals surface area contributed by atoms with Crippen molar-refractivity contribution in [2.75, 3.05) is 19.5 Å². The van der Waals surface area contributed by atoms with E-state index in [2.05, 4.69) is 24.8 Å². The first-order valence-electron chi connectivity index (χ1n) is 7.94. The van der Waals surface area contributed by atoms with Crippen LogP contribution in [0.25, 0.3) is 22.4 Å². The lowest BCUT2D eigenvalue weighted by molar-refractivity contribution is -0.138. The molecule has 0 saturated heterocycles. The Morgan fingerprint density at radius 2 is 1.85 bits per heavy atom. The zero-order chi connectivity index (χ0) is 19.4. The molecule has 0 aliphatic carbocycles. The number of phenolic OH excluding ortho intramolecular Hbond substituents is 1. The van der Waals surface area contributed by atoms with E-state index in [1.807, 2.05) is 0 Å². The largest absolute Gasteiger partial charge is 0.508 e. The van der Waals surface area contributed by atoms with Crippen molar-refractivity contribution in [2.45, 2.75) is 0 Å². The normalized spacial score (nSPS) is 11.3. The van der Waals surface area contributed by atoms with E-state index in [4.69, 9.17) is 0 Å². The fourth-order valence-electron chi connectivity index (χ4n) is 2.43. The summed E-state index contributed by atoms with van der Waals surface area (Å²) in [5.41, 5.74) is 2.77. The summed E-state index contributed by atoms with van der Waals surface area (Å²) in [7, 11) is 2.44. The number of rotatable bonds is 5. The minimum atomic E-state index is -0.699. The third-order valence-corrected chi connectivity index (χ3v) is 3.77. The molecule has 0 bridgehead atoms. The lowest BCUT2D eigenvalue weighted by Gasteiger charge is -2.08. The number of carbonyl (C=O) groups excluding carboxylic acids is 2. The Morgan fingerprint density at radius 3 is 2.52 bits per heavy atom. The molecule has 0 atom stereocenters. The van der Waals surface area contributed by atoms with Gasteiger partial charge in [-0.2, -0.15) is 0 Å². The molecule has 0 aliphatic rings. The van der Waals surface area contributed by atoms with Crippen LogP contribution in [0.2, 0.25) is 0 Å². The molecule has 3 rings (SSSR count). The zero-order valence-corrected chi connectivity index (χ0v) is 14.6. The number of hydrogen-bond donors (Lipinski definition) is 3. The van der Waals surface area contributed by atoms with Crippen LogP contribution in [-0.4, -0.2) is 41.2 Å². The van der Waals surface area contributed by atoms with Gasteiger partial charge >= 0.3 is 11.9 Å². The molecule has 2 aromatic carbocycles. The zero-order valence-electron chi connectivity index (χ0n) is 14.6. The van der Waals surface area contributed by atoms with Crippen LogP contribution >= 0.6 is 0 Å². The van der Waals surface area contributed by atoms with Gasteiger partial charge < -0.3 is 24.9 Å². The number of aromatic hydroxyl groups is 1. The van der Waals surface area contributed by atoms with E-state index in [1.165, 1.54) is 14.2 Å². The van der Waals surface area contributed by atoms with E-state index >= 15 is 0 Å². The molecule has 1 heterocycles. The van der Waals surface area contributed by atoms with E-state index in [0.717, 1.165) is 22.7 Å². The van der Waals surface area contributed by atoms with Crippen LogP contribution in [0.4, 0.5) is 5.69 Å². The Morgan fingerprint density at radius 1 is 1.11 bits per heavy atom. The van der Waals surface area contributed by atoms with Crippen molar-refractivity contribution in [3.63, 3.8) is 0 Å². The summed E-state index contributed by atoms with van der Waals surface area (Å²) < 4.78 is 9.22. The van der Waals surface area contributed by atoms with Gasteiger partial charge in [0, 0.05) is 11.3 Å². The highest BCUT2D eigenvalue weighted by Crippen LogP contribution is 2.24. The van der Waals surface area contributed by atoms with Crippen LogP contribution in [0.3, 0.4) is 0 Å². The lowest BCUT2D eigenvalue weighted by Crippen LogP contribution is -2.15. The third-order valence-electron chi connectivity index (χ3n) is 3.77. The first-order chi connectivity index (χ1) is 13.0. The number of ether oxygens (including phenoxy) is 2. The van der Waals surface area contributed by atoms with Crippen molar-refractivity contribution in [1.82, 2.24) is 9.97 Å². The van der Waals surface area contributed by atoms with E-state index in [0.29, 0.717) is 11.5 Å². The Labute approximate surface area is 154 Å². The van der Waals surface area contributed by atoms with Crippen LogP contribution in [0, 0.1) is 0 Å². The molecule has 8 nitrogen and oxygen atoms in total. The topological polar surface area (TPSA) is 114 Å². The molecular formula is C19H17N3O5. The number of anilines is 1. The number of esters is 2. The van der Waals surface area contributed by atoms with Crippen LogP contribution in [-0.2, 0) is 19.1 Å². The third kappa shape index (κ3) is 4.06. The number of methoxy groups -OCH3 is 2. The number of carbonyl (C=O) groups is 2. The average Bonchev–Trinajstić information content (AvgIpc) is 3.10. The van der Waals surface area contributed by atoms with Gasteiger partial charge in [-0.05, 0) is 42.5 Å². The number of fused-ring (bicyclic) bond motifs is 1. The maximum absolute atomic E-state index is 11.8. The second kappa shape index (κ2) is 7.61. The number of nitrogens with one attached hydrogen (secondary N) is 2. The summed E-state index contributed by atoms with van der Waals surface area (Å²) in [4.78, 5) is 31.0. The molecule has 3 N–H and O–H groups in total. The Balaban J connectivity index is 1.91. The van der Waals surface area contributed by atoms with Gasteiger partial charge in [-0.25, -0.2) is 14.6 Å². The Bertz CT molecular complexity index is 1020. The van der Waals surface area contributed by atoms with E-state index in [9.17, 15) is 14.7 Å². The molecule has 3 aromatic rings. The minimum Gasteiger partial charge on any atom is -0.508 e. The van der Waals surface area contributed by atoms with Gasteiger partial charge in [0.05, 0.1) is 31.3 Å². The minimum absolute atomic E-state index is 0.0537. The van der Waals surface area contributed by atoms with Gasteiger partial charge in [-0.15, -0.1) is 0 Å². The molecular weight excluding hydrogens is 350 g/mol. The van der Waals surface area contributed by atoms with E-state index in [1.54, 1.807) is 42.5 Å². The van der Waals surface area contributed by atoms with Gasteiger partial charge in [-0.3, -0.25) is 0 Å². The number of aromatic amines is 1. The standard InChI is InChI=1S/C19H17N3O5/c1-26-17(24)10-16(19(25)27-2)20-12-5-8-14-15(9-12)22-18(21-14)11-3-6-13(23)7-4-11/h3-10,20,23H,1-2H3,(H,21,22)/b16-10+. The number of benzene rings is 2. The molecule has 0 saturated carbocycles. The SMILES string of the molecule is COC(=O)/C=C(/Nc1ccc2nc(-c3ccc(O)cc3)[nH]c2c1)C(=O)OC. The summed E-state index contributed by atoms with van der Waals surface area (Å²) in [6.45, 7) is 0. The van der Waals surface area contributed by atoms with Gasteiger partial charge in [0.2, 0.25) is 0 Å². The van der Waals surface area contributed by atoms with Gasteiger partial charge in [0.25, 0.3) is 0 Å². The predicted octanol–water partition coefficient (Wildman–Crippen LogP) is 2.58. The van der Waals surface area contributed by atoms with Gasteiger partial charge in [0.1, 0.15) is 17.3 Å². The molecule has 0 fully saturated rings. The fraction of sp³-hybridized carbons (Fsp3) is 0.105. The van der Waals surface area contributed by atoms with Crippen molar-refractivity contribution in [3.05, 3.63) is 54.2 Å². The van der Waals surface area contributed by atoms with Crippen molar-refractivity contribution in [3.8, 4) is 17.1 Å². The molecule has 138 valence electrons. The predicted molar refractivity (Wildman–Crippen MR) is 98.9 cm³/mol. The van der Waals surface area contributed by atoms with Crippen molar-refractivity contribution >= 4 is 28.7 Å². The Kier molecular flexibility index (Phi) is 5.07. The molecule has 27 heavy (non-hydrogen) atoms. The smallest absolute Gasteiger partial charge is 0.354 e. The summed E-state index contributed by atoms with van der Waals surface area (Å²) in [5.74, 6) is -0.565. The highest BCUT2D eigenvalue weighted by molar-refractivity contribution is 5.99. The van der Waals surface area contributed by atoms with E-state index < -0.39 is 11.9 Å². The molecule has 1 aromatic heterocycles. The summed E-state index contributed by atoms with van der Waals surface area (Å²) in [6, 6.07) is 11.9. The van der Waals surface area contributed by atoms with Crippen molar-refractivity contribution < 1.29 is 24.2 Å². The fourth-order valence-corrected chi connectivity index (χ4v) is 2.43. The maximum atomic E-state index is 11.8. The molecule has 0 amide bonds. The number of aromatic nitrogens is 2. The monoisotopic (exact) mass is 367 g/mol. The average molecular weight is 367 g/mol. The van der Waals surface area contributed by atoms with Gasteiger partial charge in [0.15, 0.2) is 0 Å². The number of phenols is 1. The van der Waals surface area contributed by atoms with Crippen LogP contribution < -0.4 is 5.32 Å². The molecule has 0 spiro atoms. The molecule has 0 unspecified atom stereocenters. The van der Waals surface area contributed by atoms with Crippen molar-refractivity contribution in [1.29, 1.82) is 0 Å². The first-order valence-corrected chi connectivity index (χ1v) is 7.94. The second-order valence-corrected chi connectivity index (χ2v) is 5.56. The first kappa shape index (κ1) is 18.0. The second-order valence-electron chi connectivity index (χ2n) is 5.56. The summed E-state index contributed by atoms with van der Waals surface area (Å²) in [6.07, 6.45) is 1.02. The van der Waals surface area contributed by atoms with Crippen LogP contribution in [0.5, 0.6) is 5.75 Å². The van der Waals surface area contributed by atoms with Gasteiger partial charge in [-0.1, -0.05) is 0 Å². The van der Waals surface area contributed by atoms with Crippen molar-refractivity contribution in [2.24, 2.45) is 0 Å². The molecule has 8 heteroatoms. The number of H-pyrrole nitrogens is 1. The number of nitrogens with zero attached hydrogens (tertiary/aromatic N) is 1. The lowest BCUT2D eigenvalue weighted by atomic mass is 10.2. The summed E-state index contributed by atoms with van der Waals surface area (Å²) in [5, 5.41) is 12.2. The molecule has 0 radical (unpaired) electrons. The highest BCUT2D eigenvalue weighted by atomic mass is 16.5. The molecule has 0 aliphatic heterocycles. The maximum Gasteiger partial charge on any atom is 0.354 e. The highest BCUT2D eigenvalue weighted by Gasteiger charge is 2.14.